The van der Waals surface area contributed by atoms with Gasteiger partial charge in [-0.25, -0.2) is 0 Å². The van der Waals surface area contributed by atoms with E-state index in [0.717, 1.165) is 12.0 Å². The van der Waals surface area contributed by atoms with Crippen LogP contribution in [0.2, 0.25) is 0 Å². The lowest BCUT2D eigenvalue weighted by atomic mass is 10.2. The molecule has 1 amide bonds. The lowest BCUT2D eigenvalue weighted by Gasteiger charge is -2.07. The molecule has 18 heavy (non-hydrogen) atoms. The van der Waals surface area contributed by atoms with Crippen LogP contribution in [-0.2, 0) is 20.7 Å². The van der Waals surface area contributed by atoms with Gasteiger partial charge in [-0.1, -0.05) is 19.1 Å². The quantitative estimate of drug-likeness (QED) is 0.763. The molecule has 1 aromatic carbocycles. The predicted molar refractivity (Wildman–Crippen MR) is 66.3 cm³/mol. The zero-order valence-corrected chi connectivity index (χ0v) is 10.6. The maximum Gasteiger partial charge on any atom is 0.325 e. The van der Waals surface area contributed by atoms with E-state index in [1.165, 1.54) is 7.11 Å². The van der Waals surface area contributed by atoms with Gasteiger partial charge in [0.25, 0.3) is 5.91 Å². The molecule has 0 heterocycles. The van der Waals surface area contributed by atoms with Crippen LogP contribution in [0.15, 0.2) is 24.3 Å². The number of benzene rings is 1. The van der Waals surface area contributed by atoms with Crippen LogP contribution in [0.5, 0.6) is 5.75 Å². The van der Waals surface area contributed by atoms with Gasteiger partial charge in [0, 0.05) is 0 Å². The fraction of sp³-hybridized carbons (Fsp3) is 0.385. The summed E-state index contributed by atoms with van der Waals surface area (Å²) in [5, 5.41) is 2.39. The Kier molecular flexibility index (Phi) is 5.70. The lowest BCUT2D eigenvalue weighted by Crippen LogP contribution is -2.33. The fourth-order valence-corrected chi connectivity index (χ4v) is 1.30. The van der Waals surface area contributed by atoms with Gasteiger partial charge in [-0.05, 0) is 24.1 Å². The van der Waals surface area contributed by atoms with Crippen LogP contribution in [0.4, 0.5) is 0 Å². The standard InChI is InChI=1S/C13H17NO4/c1-3-10-5-4-6-11(7-10)18-9-12(15)14-8-13(16)17-2/h4-7H,3,8-9H2,1-2H3,(H,14,15). The van der Waals surface area contributed by atoms with Crippen LogP contribution >= 0.6 is 0 Å². The summed E-state index contributed by atoms with van der Waals surface area (Å²) in [6.07, 6.45) is 0.908. The van der Waals surface area contributed by atoms with E-state index in [0.29, 0.717) is 5.75 Å². The largest absolute Gasteiger partial charge is 0.484 e. The lowest BCUT2D eigenvalue weighted by molar-refractivity contribution is -0.141. The van der Waals surface area contributed by atoms with Crippen molar-refractivity contribution in [3.63, 3.8) is 0 Å². The molecule has 0 radical (unpaired) electrons. The molecular formula is C13H17NO4. The number of nitrogens with one attached hydrogen (secondary N) is 1. The van der Waals surface area contributed by atoms with Crippen LogP contribution in [0.1, 0.15) is 12.5 Å². The number of carbonyl (C=O) groups is 2. The Morgan fingerprint density at radius 3 is 2.78 bits per heavy atom. The number of methoxy groups -OCH3 is 1. The molecule has 0 atom stereocenters. The molecule has 1 rings (SSSR count). The van der Waals surface area contributed by atoms with Gasteiger partial charge in [0.2, 0.25) is 0 Å². The number of amides is 1. The number of esters is 1. The second kappa shape index (κ2) is 7.32. The third-order valence-electron chi connectivity index (χ3n) is 2.33. The van der Waals surface area contributed by atoms with Gasteiger partial charge in [0.1, 0.15) is 12.3 Å². The molecule has 1 N–H and O–H groups in total. The van der Waals surface area contributed by atoms with Gasteiger partial charge in [-0.3, -0.25) is 9.59 Å². The fourth-order valence-electron chi connectivity index (χ4n) is 1.30. The molecule has 0 spiro atoms. The van der Waals surface area contributed by atoms with E-state index in [2.05, 4.69) is 10.1 Å². The number of ether oxygens (including phenoxy) is 2. The van der Waals surface area contributed by atoms with Crippen molar-refractivity contribution >= 4 is 11.9 Å². The first-order valence-electron chi connectivity index (χ1n) is 5.71. The summed E-state index contributed by atoms with van der Waals surface area (Å²) in [5.74, 6) is -0.207. The highest BCUT2D eigenvalue weighted by Crippen LogP contribution is 2.13. The minimum atomic E-state index is -0.490. The van der Waals surface area contributed by atoms with Crippen molar-refractivity contribution in [3.05, 3.63) is 29.8 Å². The molecule has 5 nitrogen and oxygen atoms in total. The molecule has 0 bridgehead atoms. The van der Waals surface area contributed by atoms with Crippen LogP contribution < -0.4 is 10.1 Å². The van der Waals surface area contributed by atoms with E-state index >= 15 is 0 Å². The monoisotopic (exact) mass is 251 g/mol. The highest BCUT2D eigenvalue weighted by atomic mass is 16.5. The molecule has 0 fully saturated rings. The van der Waals surface area contributed by atoms with Crippen LogP contribution in [0, 0.1) is 0 Å². The third kappa shape index (κ3) is 4.86. The molecule has 5 heteroatoms. The topological polar surface area (TPSA) is 64.6 Å². The van der Waals surface area contributed by atoms with Gasteiger partial charge in [0.15, 0.2) is 6.61 Å². The summed E-state index contributed by atoms with van der Waals surface area (Å²) >= 11 is 0. The van der Waals surface area contributed by atoms with Gasteiger partial charge >= 0.3 is 5.97 Å². The molecule has 0 unspecified atom stereocenters. The van der Waals surface area contributed by atoms with Gasteiger partial charge in [-0.2, -0.15) is 0 Å². The Morgan fingerprint density at radius 2 is 2.11 bits per heavy atom. The van der Waals surface area contributed by atoms with Crippen molar-refractivity contribution in [3.8, 4) is 5.75 Å². The van der Waals surface area contributed by atoms with E-state index < -0.39 is 5.97 Å². The van der Waals surface area contributed by atoms with Crippen molar-refractivity contribution in [1.82, 2.24) is 5.32 Å². The first-order chi connectivity index (χ1) is 8.65. The highest BCUT2D eigenvalue weighted by molar-refractivity contribution is 5.82. The van der Waals surface area contributed by atoms with Crippen LogP contribution in [-0.4, -0.2) is 32.1 Å². The molecule has 0 saturated carbocycles. The Bertz CT molecular complexity index is 417. The third-order valence-corrected chi connectivity index (χ3v) is 2.33. The van der Waals surface area contributed by atoms with Gasteiger partial charge < -0.3 is 14.8 Å². The minimum Gasteiger partial charge on any atom is -0.484 e. The van der Waals surface area contributed by atoms with E-state index in [1.54, 1.807) is 6.07 Å². The Hall–Kier alpha value is -2.04. The smallest absolute Gasteiger partial charge is 0.325 e. The van der Waals surface area contributed by atoms with E-state index in [1.807, 2.05) is 25.1 Å². The number of hydrogen-bond acceptors (Lipinski definition) is 4. The van der Waals surface area contributed by atoms with Crippen molar-refractivity contribution in [2.45, 2.75) is 13.3 Å². The summed E-state index contributed by atoms with van der Waals surface area (Å²) in [4.78, 5) is 22.1. The van der Waals surface area contributed by atoms with Crippen molar-refractivity contribution in [2.75, 3.05) is 20.3 Å². The normalized spacial score (nSPS) is 9.67. The molecule has 0 saturated heterocycles. The average Bonchev–Trinajstić information content (AvgIpc) is 2.42. The predicted octanol–water partition coefficient (Wildman–Crippen LogP) is 0.917. The van der Waals surface area contributed by atoms with Crippen molar-refractivity contribution in [2.24, 2.45) is 0 Å². The van der Waals surface area contributed by atoms with Crippen molar-refractivity contribution < 1.29 is 19.1 Å². The van der Waals surface area contributed by atoms with Crippen LogP contribution in [0.3, 0.4) is 0 Å². The van der Waals surface area contributed by atoms with Crippen molar-refractivity contribution in [1.29, 1.82) is 0 Å². The second-order valence-electron chi connectivity index (χ2n) is 3.64. The molecule has 0 aliphatic carbocycles. The van der Waals surface area contributed by atoms with E-state index in [-0.39, 0.29) is 19.1 Å². The first-order valence-corrected chi connectivity index (χ1v) is 5.71. The number of rotatable bonds is 6. The maximum atomic E-state index is 11.3. The summed E-state index contributed by atoms with van der Waals surface area (Å²) in [7, 11) is 1.27. The zero-order chi connectivity index (χ0) is 13.4. The molecule has 1 aromatic rings. The first kappa shape index (κ1) is 14.0. The van der Waals surface area contributed by atoms with E-state index in [4.69, 9.17) is 4.74 Å². The second-order valence-corrected chi connectivity index (χ2v) is 3.64. The molecule has 98 valence electrons. The van der Waals surface area contributed by atoms with E-state index in [9.17, 15) is 9.59 Å². The average molecular weight is 251 g/mol. The molecule has 0 aromatic heterocycles. The summed E-state index contributed by atoms with van der Waals surface area (Å²) in [5.41, 5.74) is 1.14. The highest BCUT2D eigenvalue weighted by Gasteiger charge is 2.06. The Morgan fingerprint density at radius 1 is 1.33 bits per heavy atom. The maximum absolute atomic E-state index is 11.3. The zero-order valence-electron chi connectivity index (χ0n) is 10.6. The van der Waals surface area contributed by atoms with Gasteiger partial charge in [0.05, 0.1) is 7.11 Å². The molecule has 0 aliphatic heterocycles. The Balaban J connectivity index is 2.35. The Labute approximate surface area is 106 Å². The number of carbonyl (C=O) groups excluding carboxylic acids is 2. The molecule has 0 aliphatic rings. The SMILES string of the molecule is CCc1cccc(OCC(=O)NCC(=O)OC)c1. The molecular weight excluding hydrogens is 234 g/mol. The van der Waals surface area contributed by atoms with Gasteiger partial charge in [-0.15, -0.1) is 0 Å². The summed E-state index contributed by atoms with van der Waals surface area (Å²) in [6.45, 7) is 1.78. The number of hydrogen-bond donors (Lipinski definition) is 1. The summed E-state index contributed by atoms with van der Waals surface area (Å²) in [6, 6.07) is 7.53. The van der Waals surface area contributed by atoms with Crippen LogP contribution in [0.25, 0.3) is 0 Å². The minimum absolute atomic E-state index is 0.121. The summed E-state index contributed by atoms with van der Waals surface area (Å²) < 4.78 is 9.71. The number of aryl methyl sites for hydroxylation is 1.